The van der Waals surface area contributed by atoms with Gasteiger partial charge in [0.05, 0.1) is 10.2 Å². The highest BCUT2D eigenvalue weighted by atomic mass is 79.9. The van der Waals surface area contributed by atoms with Crippen LogP contribution in [-0.2, 0) is 0 Å². The predicted molar refractivity (Wildman–Crippen MR) is 49.5 cm³/mol. The lowest BCUT2D eigenvalue weighted by Crippen LogP contribution is -2.00. The second kappa shape index (κ2) is 4.33. The minimum absolute atomic E-state index is 0.496. The molecule has 12 heavy (non-hydrogen) atoms. The molecule has 1 heterocycles. The van der Waals surface area contributed by atoms with Crippen LogP contribution < -0.4 is 0 Å². The van der Waals surface area contributed by atoms with E-state index >= 15 is 0 Å². The van der Waals surface area contributed by atoms with Crippen molar-refractivity contribution in [3.05, 3.63) is 35.3 Å². The molecule has 0 amide bonds. The van der Waals surface area contributed by atoms with E-state index in [0.29, 0.717) is 12.1 Å². The largest absolute Gasteiger partial charge is 0.386 e. The smallest absolute Gasteiger partial charge is 0.115 e. The van der Waals surface area contributed by atoms with Crippen LogP contribution in [0.15, 0.2) is 29.7 Å². The van der Waals surface area contributed by atoms with Crippen LogP contribution in [0, 0.1) is 0 Å². The van der Waals surface area contributed by atoms with E-state index in [-0.39, 0.29) is 0 Å². The fourth-order valence-corrected chi connectivity index (χ4v) is 1.32. The Kier molecular flexibility index (Phi) is 3.37. The van der Waals surface area contributed by atoms with Gasteiger partial charge in [-0.3, -0.25) is 0 Å². The Hall–Kier alpha value is -0.740. The van der Waals surface area contributed by atoms with Gasteiger partial charge in [-0.1, -0.05) is 6.08 Å². The van der Waals surface area contributed by atoms with Gasteiger partial charge in [0, 0.05) is 6.20 Å². The molecule has 1 unspecified atom stereocenters. The van der Waals surface area contributed by atoms with E-state index in [1.165, 1.54) is 6.33 Å². The molecule has 0 aliphatic rings. The van der Waals surface area contributed by atoms with Crippen molar-refractivity contribution in [2.45, 2.75) is 12.5 Å². The summed E-state index contributed by atoms with van der Waals surface area (Å²) in [5.41, 5.74) is 0.602. The van der Waals surface area contributed by atoms with E-state index in [2.05, 4.69) is 32.5 Å². The van der Waals surface area contributed by atoms with E-state index < -0.39 is 6.10 Å². The quantitative estimate of drug-likeness (QED) is 0.804. The topological polar surface area (TPSA) is 46.0 Å². The number of hydrogen-bond donors (Lipinski definition) is 1. The molecule has 1 atom stereocenters. The molecule has 0 spiro atoms. The lowest BCUT2D eigenvalue weighted by Gasteiger charge is -2.07. The van der Waals surface area contributed by atoms with E-state index in [9.17, 15) is 5.11 Å². The number of halogens is 1. The third-order valence-electron chi connectivity index (χ3n) is 1.40. The fraction of sp³-hybridized carbons (Fsp3) is 0.250. The van der Waals surface area contributed by atoms with Gasteiger partial charge in [-0.05, 0) is 22.4 Å². The Morgan fingerprint density at radius 3 is 3.08 bits per heavy atom. The average Bonchev–Trinajstić information content (AvgIpc) is 2.05. The molecule has 0 bridgehead atoms. The molecule has 1 N–H and O–H groups in total. The minimum atomic E-state index is -0.597. The Bertz CT molecular complexity index is 278. The summed E-state index contributed by atoms with van der Waals surface area (Å²) in [6.07, 6.45) is 4.57. The van der Waals surface area contributed by atoms with Crippen molar-refractivity contribution in [2.75, 3.05) is 0 Å². The van der Waals surface area contributed by atoms with E-state index in [1.807, 2.05) is 0 Å². The van der Waals surface area contributed by atoms with Crippen molar-refractivity contribution >= 4 is 15.9 Å². The molecule has 0 aliphatic carbocycles. The molecule has 0 aliphatic heterocycles. The van der Waals surface area contributed by atoms with Crippen molar-refractivity contribution in [3.8, 4) is 0 Å². The Balaban J connectivity index is 2.86. The first-order chi connectivity index (χ1) is 5.75. The van der Waals surface area contributed by atoms with Crippen LogP contribution in [0.4, 0.5) is 0 Å². The molecular formula is C8H9BrN2O. The Labute approximate surface area is 79.3 Å². The number of nitrogens with zero attached hydrogens (tertiary/aromatic N) is 2. The summed E-state index contributed by atoms with van der Waals surface area (Å²) in [6.45, 7) is 3.54. The summed E-state index contributed by atoms with van der Waals surface area (Å²) in [6, 6.07) is 0. The lowest BCUT2D eigenvalue weighted by molar-refractivity contribution is 0.175. The number of aliphatic hydroxyl groups is 1. The molecule has 4 heteroatoms. The third-order valence-corrected chi connectivity index (χ3v) is 2.01. The van der Waals surface area contributed by atoms with E-state index in [0.717, 1.165) is 4.47 Å². The first-order valence-electron chi connectivity index (χ1n) is 3.50. The van der Waals surface area contributed by atoms with Crippen molar-refractivity contribution in [1.29, 1.82) is 0 Å². The van der Waals surface area contributed by atoms with E-state index in [1.54, 1.807) is 12.3 Å². The maximum atomic E-state index is 9.51. The lowest BCUT2D eigenvalue weighted by atomic mass is 10.2. The number of aromatic nitrogens is 2. The molecule has 64 valence electrons. The summed E-state index contributed by atoms with van der Waals surface area (Å²) >= 11 is 3.25. The molecule has 1 aromatic rings. The number of aliphatic hydroxyl groups excluding tert-OH is 1. The molecule has 0 aromatic carbocycles. The van der Waals surface area contributed by atoms with Crippen molar-refractivity contribution in [2.24, 2.45) is 0 Å². The van der Waals surface area contributed by atoms with Crippen molar-refractivity contribution in [3.63, 3.8) is 0 Å². The average molecular weight is 229 g/mol. The second-order valence-electron chi connectivity index (χ2n) is 2.30. The van der Waals surface area contributed by atoms with Gasteiger partial charge in [-0.25, -0.2) is 9.97 Å². The number of hydrogen-bond acceptors (Lipinski definition) is 3. The fourth-order valence-electron chi connectivity index (χ4n) is 0.837. The highest BCUT2D eigenvalue weighted by molar-refractivity contribution is 9.10. The zero-order valence-electron chi connectivity index (χ0n) is 6.44. The van der Waals surface area contributed by atoms with Crippen LogP contribution in [0.1, 0.15) is 18.2 Å². The normalized spacial score (nSPS) is 12.5. The standard InChI is InChI=1S/C8H9BrN2O/c1-2-3-7(12)8-6(9)4-10-5-11-8/h2,4-5,7,12H,1,3H2. The monoisotopic (exact) mass is 228 g/mol. The Morgan fingerprint density at radius 1 is 1.75 bits per heavy atom. The first kappa shape index (κ1) is 9.35. The Morgan fingerprint density at radius 2 is 2.50 bits per heavy atom. The maximum absolute atomic E-state index is 9.51. The molecular weight excluding hydrogens is 220 g/mol. The maximum Gasteiger partial charge on any atom is 0.115 e. The molecule has 0 saturated carbocycles. The molecule has 3 nitrogen and oxygen atoms in total. The second-order valence-corrected chi connectivity index (χ2v) is 3.15. The van der Waals surface area contributed by atoms with Gasteiger partial charge in [0.25, 0.3) is 0 Å². The van der Waals surface area contributed by atoms with Gasteiger partial charge < -0.3 is 5.11 Å². The molecule has 1 aromatic heterocycles. The zero-order valence-corrected chi connectivity index (χ0v) is 8.03. The van der Waals surface area contributed by atoms with Gasteiger partial charge in [0.15, 0.2) is 0 Å². The summed E-state index contributed by atoms with van der Waals surface area (Å²) in [5, 5.41) is 9.51. The van der Waals surface area contributed by atoms with Crippen LogP contribution in [0.2, 0.25) is 0 Å². The van der Waals surface area contributed by atoms with Crippen LogP contribution in [-0.4, -0.2) is 15.1 Å². The summed E-state index contributed by atoms with van der Waals surface area (Å²) in [4.78, 5) is 7.73. The van der Waals surface area contributed by atoms with Crippen LogP contribution >= 0.6 is 15.9 Å². The van der Waals surface area contributed by atoms with Gasteiger partial charge in [0.2, 0.25) is 0 Å². The van der Waals surface area contributed by atoms with Crippen LogP contribution in [0.25, 0.3) is 0 Å². The summed E-state index contributed by atoms with van der Waals surface area (Å²) in [5.74, 6) is 0. The third kappa shape index (κ3) is 2.12. The van der Waals surface area contributed by atoms with Crippen molar-refractivity contribution < 1.29 is 5.11 Å². The molecule has 0 radical (unpaired) electrons. The van der Waals surface area contributed by atoms with Crippen LogP contribution in [0.5, 0.6) is 0 Å². The summed E-state index contributed by atoms with van der Waals surface area (Å²) < 4.78 is 0.722. The summed E-state index contributed by atoms with van der Waals surface area (Å²) in [7, 11) is 0. The highest BCUT2D eigenvalue weighted by Crippen LogP contribution is 2.21. The molecule has 0 fully saturated rings. The molecule has 0 saturated heterocycles. The van der Waals surface area contributed by atoms with Gasteiger partial charge in [-0.15, -0.1) is 6.58 Å². The number of rotatable bonds is 3. The first-order valence-corrected chi connectivity index (χ1v) is 4.29. The zero-order chi connectivity index (χ0) is 8.97. The van der Waals surface area contributed by atoms with Gasteiger partial charge >= 0.3 is 0 Å². The van der Waals surface area contributed by atoms with Gasteiger partial charge in [0.1, 0.15) is 12.4 Å². The minimum Gasteiger partial charge on any atom is -0.386 e. The predicted octanol–water partition coefficient (Wildman–Crippen LogP) is 1.85. The van der Waals surface area contributed by atoms with E-state index in [4.69, 9.17) is 0 Å². The SMILES string of the molecule is C=CCC(O)c1ncncc1Br. The highest BCUT2D eigenvalue weighted by Gasteiger charge is 2.10. The molecule has 1 rings (SSSR count). The van der Waals surface area contributed by atoms with Crippen molar-refractivity contribution in [1.82, 2.24) is 9.97 Å². The van der Waals surface area contributed by atoms with Gasteiger partial charge in [-0.2, -0.15) is 0 Å². The van der Waals surface area contributed by atoms with Crippen LogP contribution in [0.3, 0.4) is 0 Å².